The van der Waals surface area contributed by atoms with Crippen molar-refractivity contribution in [3.8, 4) is 11.3 Å². The molecule has 0 saturated carbocycles. The van der Waals surface area contributed by atoms with Gasteiger partial charge in [-0.1, -0.05) is 5.21 Å². The molecule has 0 bridgehead atoms. The van der Waals surface area contributed by atoms with Crippen molar-refractivity contribution in [3.05, 3.63) is 23.5 Å². The van der Waals surface area contributed by atoms with Gasteiger partial charge in [-0.25, -0.2) is 13.9 Å². The number of anilines is 2. The van der Waals surface area contributed by atoms with Gasteiger partial charge in [0, 0.05) is 24.7 Å². The number of carbonyl (C=O) groups excluding carboxylic acids is 1. The molecule has 1 aromatic carbocycles. The quantitative estimate of drug-likeness (QED) is 0.780. The van der Waals surface area contributed by atoms with Gasteiger partial charge in [0.1, 0.15) is 11.5 Å². The van der Waals surface area contributed by atoms with Crippen molar-refractivity contribution in [1.29, 1.82) is 0 Å². The van der Waals surface area contributed by atoms with E-state index in [9.17, 15) is 14.0 Å². The van der Waals surface area contributed by atoms with Crippen molar-refractivity contribution in [2.75, 3.05) is 10.6 Å². The summed E-state index contributed by atoms with van der Waals surface area (Å²) in [5.41, 5.74) is 1.42. The fraction of sp³-hybridized carbons (Fsp3) is 0.231. The highest BCUT2D eigenvalue weighted by Gasteiger charge is 2.22. The second-order valence-electron chi connectivity index (χ2n) is 4.88. The average Bonchev–Trinajstić information content (AvgIpc) is 2.79. The molecular weight excluding hydrogens is 293 g/mol. The van der Waals surface area contributed by atoms with E-state index in [0.29, 0.717) is 18.5 Å². The Bertz CT molecular complexity index is 786. The summed E-state index contributed by atoms with van der Waals surface area (Å²) < 4.78 is 15.5. The number of hydrogen-bond donors (Lipinski definition) is 3. The Labute approximate surface area is 123 Å². The van der Waals surface area contributed by atoms with Gasteiger partial charge in [0.25, 0.3) is 0 Å². The highest BCUT2D eigenvalue weighted by atomic mass is 19.1. The smallest absolute Gasteiger partial charge is 0.410 e. The van der Waals surface area contributed by atoms with Crippen molar-refractivity contribution in [1.82, 2.24) is 15.0 Å². The third-order valence-corrected chi connectivity index (χ3v) is 3.40. The SMILES string of the molecule is Cn1nnc(-c2cc3c(cc2F)NC(=O)CC3)c1NC(=O)O. The summed E-state index contributed by atoms with van der Waals surface area (Å²) in [6.07, 6.45) is -0.493. The van der Waals surface area contributed by atoms with E-state index >= 15 is 0 Å². The number of nitrogens with one attached hydrogen (secondary N) is 2. The van der Waals surface area contributed by atoms with E-state index in [-0.39, 0.29) is 23.0 Å². The molecule has 8 nitrogen and oxygen atoms in total. The van der Waals surface area contributed by atoms with Gasteiger partial charge in [0.05, 0.1) is 0 Å². The van der Waals surface area contributed by atoms with Crippen LogP contribution in [0.5, 0.6) is 0 Å². The van der Waals surface area contributed by atoms with E-state index in [1.54, 1.807) is 6.07 Å². The first-order chi connectivity index (χ1) is 10.5. The number of halogens is 1. The molecule has 2 aromatic rings. The van der Waals surface area contributed by atoms with Crippen LogP contribution in [0.3, 0.4) is 0 Å². The number of rotatable bonds is 2. The number of fused-ring (bicyclic) bond motifs is 1. The van der Waals surface area contributed by atoms with E-state index in [1.165, 1.54) is 17.8 Å². The predicted molar refractivity (Wildman–Crippen MR) is 75.0 cm³/mol. The lowest BCUT2D eigenvalue weighted by Crippen LogP contribution is -2.19. The molecule has 0 unspecified atom stereocenters. The van der Waals surface area contributed by atoms with Crippen LogP contribution < -0.4 is 10.6 Å². The molecule has 22 heavy (non-hydrogen) atoms. The Hall–Kier alpha value is -2.97. The summed E-state index contributed by atoms with van der Waals surface area (Å²) in [5, 5.41) is 21.1. The van der Waals surface area contributed by atoms with Crippen molar-refractivity contribution in [3.63, 3.8) is 0 Å². The molecule has 1 aromatic heterocycles. The van der Waals surface area contributed by atoms with Crippen LogP contribution in [0.25, 0.3) is 11.3 Å². The van der Waals surface area contributed by atoms with Crippen LogP contribution >= 0.6 is 0 Å². The number of benzene rings is 1. The van der Waals surface area contributed by atoms with Crippen molar-refractivity contribution >= 4 is 23.5 Å². The second-order valence-corrected chi connectivity index (χ2v) is 4.88. The number of aryl methyl sites for hydroxylation is 2. The summed E-state index contributed by atoms with van der Waals surface area (Å²) >= 11 is 0. The molecular formula is C13H12FN5O3. The lowest BCUT2D eigenvalue weighted by molar-refractivity contribution is -0.116. The van der Waals surface area contributed by atoms with Crippen molar-refractivity contribution < 1.29 is 19.1 Å². The van der Waals surface area contributed by atoms with Crippen LogP contribution in [0.15, 0.2) is 12.1 Å². The first-order valence-corrected chi connectivity index (χ1v) is 6.48. The van der Waals surface area contributed by atoms with Gasteiger partial charge in [-0.3, -0.25) is 10.1 Å². The minimum absolute atomic E-state index is 0.0752. The number of carbonyl (C=O) groups is 2. The number of amides is 2. The fourth-order valence-electron chi connectivity index (χ4n) is 2.36. The fourth-order valence-corrected chi connectivity index (χ4v) is 2.36. The van der Waals surface area contributed by atoms with Crippen LogP contribution in [-0.2, 0) is 18.3 Å². The molecule has 3 N–H and O–H groups in total. The van der Waals surface area contributed by atoms with Gasteiger partial charge < -0.3 is 10.4 Å². The standard InChI is InChI=1S/C13H12FN5O3/c1-19-12(16-13(21)22)11(17-18-19)7-4-6-2-3-10(20)15-9(6)5-8(7)14/h4-5,16H,2-3H2,1H3,(H,15,20)(H,21,22). The monoisotopic (exact) mass is 305 g/mol. The van der Waals surface area contributed by atoms with Crippen LogP contribution in [0.2, 0.25) is 0 Å². The topological polar surface area (TPSA) is 109 Å². The summed E-state index contributed by atoms with van der Waals surface area (Å²) in [5.74, 6) is -0.700. The molecule has 1 aliphatic heterocycles. The van der Waals surface area contributed by atoms with Crippen LogP contribution in [-0.4, -0.2) is 32.1 Å². The first-order valence-electron chi connectivity index (χ1n) is 6.48. The van der Waals surface area contributed by atoms with Crippen molar-refractivity contribution in [2.45, 2.75) is 12.8 Å². The predicted octanol–water partition coefficient (Wildman–Crippen LogP) is 1.60. The molecule has 2 heterocycles. The van der Waals surface area contributed by atoms with E-state index in [0.717, 1.165) is 5.56 Å². The van der Waals surface area contributed by atoms with Crippen molar-refractivity contribution in [2.24, 2.45) is 7.05 Å². The van der Waals surface area contributed by atoms with Gasteiger partial charge in [-0.15, -0.1) is 5.10 Å². The molecule has 0 fully saturated rings. The zero-order valence-electron chi connectivity index (χ0n) is 11.6. The minimum atomic E-state index is -1.29. The lowest BCUT2D eigenvalue weighted by atomic mass is 9.98. The molecule has 3 rings (SSSR count). The summed E-state index contributed by atoms with van der Waals surface area (Å²) in [6.45, 7) is 0. The van der Waals surface area contributed by atoms with E-state index in [1.807, 2.05) is 0 Å². The molecule has 9 heteroatoms. The molecule has 0 atom stereocenters. The number of carboxylic acid groups (broad SMARTS) is 1. The summed E-state index contributed by atoms with van der Waals surface area (Å²) in [6, 6.07) is 2.77. The van der Waals surface area contributed by atoms with Gasteiger partial charge in [-0.2, -0.15) is 0 Å². The number of hydrogen-bond acceptors (Lipinski definition) is 4. The molecule has 0 aliphatic carbocycles. The molecule has 2 amide bonds. The average molecular weight is 305 g/mol. The lowest BCUT2D eigenvalue weighted by Gasteiger charge is -2.18. The maximum Gasteiger partial charge on any atom is 0.410 e. The van der Waals surface area contributed by atoms with Crippen LogP contribution in [0.1, 0.15) is 12.0 Å². The summed E-state index contributed by atoms with van der Waals surface area (Å²) in [4.78, 5) is 22.2. The maximum absolute atomic E-state index is 14.3. The largest absolute Gasteiger partial charge is 0.465 e. The molecule has 1 aliphatic rings. The van der Waals surface area contributed by atoms with Crippen LogP contribution in [0.4, 0.5) is 20.7 Å². The maximum atomic E-state index is 14.3. The van der Waals surface area contributed by atoms with E-state index in [2.05, 4.69) is 20.9 Å². The minimum Gasteiger partial charge on any atom is -0.465 e. The molecule has 114 valence electrons. The Kier molecular flexibility index (Phi) is 3.24. The third-order valence-electron chi connectivity index (χ3n) is 3.40. The highest BCUT2D eigenvalue weighted by molar-refractivity contribution is 5.95. The van der Waals surface area contributed by atoms with Gasteiger partial charge in [0.2, 0.25) is 5.91 Å². The van der Waals surface area contributed by atoms with Gasteiger partial charge >= 0.3 is 6.09 Å². The Morgan fingerprint density at radius 3 is 2.95 bits per heavy atom. The second kappa shape index (κ2) is 5.10. The normalized spacial score (nSPS) is 13.5. The zero-order valence-corrected chi connectivity index (χ0v) is 11.6. The van der Waals surface area contributed by atoms with Gasteiger partial charge in [0.15, 0.2) is 5.82 Å². The number of aromatic nitrogens is 3. The Morgan fingerprint density at radius 2 is 2.23 bits per heavy atom. The van der Waals surface area contributed by atoms with E-state index < -0.39 is 11.9 Å². The first kappa shape index (κ1) is 14.0. The number of nitrogens with zero attached hydrogens (tertiary/aromatic N) is 3. The zero-order chi connectivity index (χ0) is 15.9. The van der Waals surface area contributed by atoms with E-state index in [4.69, 9.17) is 5.11 Å². The molecule has 0 saturated heterocycles. The van der Waals surface area contributed by atoms with Gasteiger partial charge in [-0.05, 0) is 24.1 Å². The Balaban J connectivity index is 2.10. The highest BCUT2D eigenvalue weighted by Crippen LogP contribution is 2.33. The Morgan fingerprint density at radius 1 is 1.45 bits per heavy atom. The third kappa shape index (κ3) is 2.36. The van der Waals surface area contributed by atoms with Crippen LogP contribution in [0, 0.1) is 5.82 Å². The molecule has 0 radical (unpaired) electrons. The summed E-state index contributed by atoms with van der Waals surface area (Å²) in [7, 11) is 1.50. The molecule has 0 spiro atoms.